The molecule has 30 heavy (non-hydrogen) atoms. The van der Waals surface area contributed by atoms with Gasteiger partial charge in [-0.05, 0) is 48.7 Å². The van der Waals surface area contributed by atoms with Crippen LogP contribution in [0.2, 0.25) is 0 Å². The Labute approximate surface area is 176 Å². The average Bonchev–Trinajstić information content (AvgIpc) is 3.22. The van der Waals surface area contributed by atoms with Crippen LogP contribution in [0, 0.1) is 0 Å². The lowest BCUT2D eigenvalue weighted by Gasteiger charge is -2.23. The van der Waals surface area contributed by atoms with Crippen LogP contribution in [0.4, 0.5) is 0 Å². The van der Waals surface area contributed by atoms with E-state index in [0.717, 1.165) is 29.8 Å². The molecule has 148 valence electrons. The highest BCUT2D eigenvalue weighted by Gasteiger charge is 2.36. The molecule has 4 aromatic rings. The zero-order valence-electron chi connectivity index (χ0n) is 16.5. The van der Waals surface area contributed by atoms with Crippen molar-refractivity contribution in [1.29, 1.82) is 0 Å². The van der Waals surface area contributed by atoms with Gasteiger partial charge in [0.15, 0.2) is 0 Å². The van der Waals surface area contributed by atoms with Crippen molar-refractivity contribution in [2.24, 2.45) is 0 Å². The Morgan fingerprint density at radius 2 is 1.30 bits per heavy atom. The van der Waals surface area contributed by atoms with Crippen LogP contribution in [0.15, 0.2) is 103 Å². The van der Waals surface area contributed by atoms with Crippen LogP contribution >= 0.6 is 7.37 Å². The molecule has 1 atom stereocenters. The second-order valence-corrected chi connectivity index (χ2v) is 9.81. The molecule has 5 rings (SSSR count). The molecule has 0 fully saturated rings. The molecule has 1 aliphatic rings. The Balaban J connectivity index is 1.55. The summed E-state index contributed by atoms with van der Waals surface area (Å²) in [5.41, 5.74) is 4.06. The first-order chi connectivity index (χ1) is 14.7. The van der Waals surface area contributed by atoms with Crippen molar-refractivity contribution in [2.75, 3.05) is 0 Å². The first-order valence-corrected chi connectivity index (χ1v) is 11.8. The third-order valence-electron chi connectivity index (χ3n) is 5.53. The highest BCUT2D eigenvalue weighted by atomic mass is 31.2. The molecule has 0 radical (unpaired) electrons. The van der Waals surface area contributed by atoms with Gasteiger partial charge in [-0.3, -0.25) is 4.57 Å². The van der Waals surface area contributed by atoms with E-state index in [2.05, 4.69) is 24.3 Å². The zero-order valence-corrected chi connectivity index (χ0v) is 17.4. The fourth-order valence-electron chi connectivity index (χ4n) is 3.99. The molecule has 0 saturated heterocycles. The lowest BCUT2D eigenvalue weighted by atomic mass is 10.1. The molecule has 1 heterocycles. The van der Waals surface area contributed by atoms with Gasteiger partial charge in [-0.25, -0.2) is 4.98 Å². The number of aromatic nitrogens is 1. The van der Waals surface area contributed by atoms with E-state index in [-0.39, 0.29) is 6.10 Å². The summed E-state index contributed by atoms with van der Waals surface area (Å²) in [6.07, 6.45) is 1.37. The predicted molar refractivity (Wildman–Crippen MR) is 122 cm³/mol. The summed E-state index contributed by atoms with van der Waals surface area (Å²) >= 11 is 0. The van der Waals surface area contributed by atoms with E-state index in [1.54, 1.807) is 0 Å². The first-order valence-electron chi connectivity index (χ1n) is 10.2. The number of aryl methyl sites for hydroxylation is 1. The van der Waals surface area contributed by atoms with Crippen molar-refractivity contribution >= 4 is 18.0 Å². The summed E-state index contributed by atoms with van der Waals surface area (Å²) in [6, 6.07) is 33.3. The van der Waals surface area contributed by atoms with E-state index in [1.807, 2.05) is 78.9 Å². The molecule has 4 heteroatoms. The maximum atomic E-state index is 14.3. The van der Waals surface area contributed by atoms with E-state index in [4.69, 9.17) is 9.51 Å². The fourth-order valence-corrected chi connectivity index (χ4v) is 6.22. The number of nitrogens with zero attached hydrogens (tertiary/aromatic N) is 1. The number of fused-ring (bicyclic) bond motifs is 1. The summed E-state index contributed by atoms with van der Waals surface area (Å²) in [7, 11) is -3.26. The first kappa shape index (κ1) is 19.0. The zero-order chi connectivity index (χ0) is 20.4. The second kappa shape index (κ2) is 8.02. The van der Waals surface area contributed by atoms with Crippen LogP contribution in [0.3, 0.4) is 0 Å². The molecule has 0 aliphatic heterocycles. The summed E-state index contributed by atoms with van der Waals surface area (Å²) in [6.45, 7) is 0. The van der Waals surface area contributed by atoms with Crippen LogP contribution in [0.25, 0.3) is 11.3 Å². The van der Waals surface area contributed by atoms with Gasteiger partial charge in [0, 0.05) is 16.2 Å². The average molecular weight is 411 g/mol. The van der Waals surface area contributed by atoms with Gasteiger partial charge in [-0.2, -0.15) is 0 Å². The standard InChI is InChI=1S/C26H22NO2P/c28-30(22-12-6-2-7-13-22,23-14-8-3-9-15-23)29-25-19-17-21-16-18-24(27-26(21)25)20-10-4-1-5-11-20/h1-16,18,25H,17,19H2/t25-/m1/s1. The molecular formula is C26H22NO2P. The maximum absolute atomic E-state index is 14.3. The van der Waals surface area contributed by atoms with Gasteiger partial charge in [-0.15, -0.1) is 0 Å². The highest BCUT2D eigenvalue weighted by molar-refractivity contribution is 7.74. The lowest BCUT2D eigenvalue weighted by Crippen LogP contribution is -2.19. The maximum Gasteiger partial charge on any atom is 0.261 e. The Kier molecular flexibility index (Phi) is 5.08. The van der Waals surface area contributed by atoms with E-state index in [9.17, 15) is 4.57 Å². The smallest absolute Gasteiger partial charge is 0.261 e. The van der Waals surface area contributed by atoms with Gasteiger partial charge in [0.25, 0.3) is 7.37 Å². The third-order valence-corrected chi connectivity index (χ3v) is 8.04. The minimum Gasteiger partial charge on any atom is -0.312 e. The summed E-state index contributed by atoms with van der Waals surface area (Å²) in [5.74, 6) is 0. The molecule has 0 amide bonds. The summed E-state index contributed by atoms with van der Waals surface area (Å²) in [5, 5.41) is 1.42. The van der Waals surface area contributed by atoms with Crippen molar-refractivity contribution in [3.63, 3.8) is 0 Å². The van der Waals surface area contributed by atoms with Crippen molar-refractivity contribution in [1.82, 2.24) is 4.98 Å². The molecule has 0 saturated carbocycles. The topological polar surface area (TPSA) is 39.2 Å². The monoisotopic (exact) mass is 411 g/mol. The van der Waals surface area contributed by atoms with E-state index < -0.39 is 7.37 Å². The number of hydrogen-bond donors (Lipinski definition) is 0. The number of pyridine rings is 1. The Morgan fingerprint density at radius 3 is 1.90 bits per heavy atom. The van der Waals surface area contributed by atoms with Crippen molar-refractivity contribution < 1.29 is 9.09 Å². The van der Waals surface area contributed by atoms with Crippen LogP contribution in [0.1, 0.15) is 23.8 Å². The van der Waals surface area contributed by atoms with Gasteiger partial charge in [0.1, 0.15) is 6.10 Å². The largest absolute Gasteiger partial charge is 0.312 e. The molecular weight excluding hydrogens is 389 g/mol. The van der Waals surface area contributed by atoms with Gasteiger partial charge in [0.2, 0.25) is 0 Å². The van der Waals surface area contributed by atoms with Gasteiger partial charge >= 0.3 is 0 Å². The minimum atomic E-state index is -3.26. The van der Waals surface area contributed by atoms with Gasteiger partial charge in [0.05, 0.1) is 11.4 Å². The SMILES string of the molecule is O=P(O[C@@H]1CCc2ccc(-c3ccccc3)nc21)(c1ccccc1)c1ccccc1. The molecule has 0 unspecified atom stereocenters. The summed E-state index contributed by atoms with van der Waals surface area (Å²) < 4.78 is 20.8. The van der Waals surface area contributed by atoms with Crippen LogP contribution in [-0.2, 0) is 15.5 Å². The lowest BCUT2D eigenvalue weighted by molar-refractivity contribution is 0.215. The Bertz CT molecular complexity index is 1150. The Morgan fingerprint density at radius 1 is 0.733 bits per heavy atom. The predicted octanol–water partition coefficient (Wildman–Crippen LogP) is 5.68. The Hall–Kier alpha value is -3.00. The fraction of sp³-hybridized carbons (Fsp3) is 0.115. The number of rotatable bonds is 5. The van der Waals surface area contributed by atoms with Crippen LogP contribution < -0.4 is 10.6 Å². The number of hydrogen-bond acceptors (Lipinski definition) is 3. The highest BCUT2D eigenvalue weighted by Crippen LogP contribution is 2.51. The van der Waals surface area contributed by atoms with E-state index in [0.29, 0.717) is 10.6 Å². The van der Waals surface area contributed by atoms with Crippen LogP contribution in [0.5, 0.6) is 0 Å². The molecule has 1 aromatic heterocycles. The third kappa shape index (κ3) is 3.52. The summed E-state index contributed by atoms with van der Waals surface area (Å²) in [4.78, 5) is 4.93. The molecule has 3 nitrogen and oxygen atoms in total. The van der Waals surface area contributed by atoms with E-state index in [1.165, 1.54) is 5.56 Å². The molecule has 0 spiro atoms. The van der Waals surface area contributed by atoms with Gasteiger partial charge < -0.3 is 4.52 Å². The molecule has 0 bridgehead atoms. The minimum absolute atomic E-state index is 0.296. The van der Waals surface area contributed by atoms with Crippen LogP contribution in [-0.4, -0.2) is 4.98 Å². The van der Waals surface area contributed by atoms with Crippen molar-refractivity contribution in [2.45, 2.75) is 18.9 Å². The van der Waals surface area contributed by atoms with Gasteiger partial charge in [-0.1, -0.05) is 72.8 Å². The van der Waals surface area contributed by atoms with Crippen molar-refractivity contribution in [3.8, 4) is 11.3 Å². The van der Waals surface area contributed by atoms with E-state index >= 15 is 0 Å². The quantitative estimate of drug-likeness (QED) is 0.397. The molecule has 0 N–H and O–H groups in total. The molecule has 1 aliphatic carbocycles. The molecule has 3 aromatic carbocycles. The normalized spacial score (nSPS) is 15.7. The van der Waals surface area contributed by atoms with Crippen molar-refractivity contribution in [3.05, 3.63) is 114 Å². The second-order valence-electron chi connectivity index (χ2n) is 7.46. The number of benzene rings is 3.